The summed E-state index contributed by atoms with van der Waals surface area (Å²) in [4.78, 5) is 14.0. The van der Waals surface area contributed by atoms with E-state index in [1.165, 1.54) is 12.7 Å². The van der Waals surface area contributed by atoms with Gasteiger partial charge in [0, 0.05) is 18.9 Å². The fourth-order valence-electron chi connectivity index (χ4n) is 3.23. The summed E-state index contributed by atoms with van der Waals surface area (Å²) in [5.41, 5.74) is 1.21. The standard InChI is InChI=1S/C16H21NO4/c1-17-6-5-12(8-16(18)19-2)13(9-17)11-3-4-14-15(7-11)21-10-20-14/h3-4,7,12-13H,5-6,8-10H2,1-2H3. The molecule has 0 saturated carbocycles. The smallest absolute Gasteiger partial charge is 0.305 e. The van der Waals surface area contributed by atoms with Crippen LogP contribution in [0.2, 0.25) is 0 Å². The lowest BCUT2D eigenvalue weighted by Gasteiger charge is -2.36. The molecule has 3 rings (SSSR count). The van der Waals surface area contributed by atoms with E-state index in [1.54, 1.807) is 0 Å². The normalized spacial score (nSPS) is 24.9. The number of fused-ring (bicyclic) bond motifs is 1. The Morgan fingerprint density at radius 1 is 1.38 bits per heavy atom. The summed E-state index contributed by atoms with van der Waals surface area (Å²) in [5.74, 6) is 2.10. The van der Waals surface area contributed by atoms with Gasteiger partial charge in [-0.25, -0.2) is 0 Å². The summed E-state index contributed by atoms with van der Waals surface area (Å²) >= 11 is 0. The third kappa shape index (κ3) is 2.97. The van der Waals surface area contributed by atoms with Crippen molar-refractivity contribution in [2.24, 2.45) is 5.92 Å². The molecule has 2 aliphatic rings. The van der Waals surface area contributed by atoms with Crippen LogP contribution in [0.3, 0.4) is 0 Å². The second kappa shape index (κ2) is 5.93. The van der Waals surface area contributed by atoms with Crippen molar-refractivity contribution in [1.29, 1.82) is 0 Å². The van der Waals surface area contributed by atoms with Crippen molar-refractivity contribution in [3.8, 4) is 11.5 Å². The molecule has 5 heteroatoms. The van der Waals surface area contributed by atoms with Crippen molar-refractivity contribution in [3.05, 3.63) is 23.8 Å². The molecule has 2 heterocycles. The number of hydrogen-bond donors (Lipinski definition) is 0. The van der Waals surface area contributed by atoms with Gasteiger partial charge < -0.3 is 19.1 Å². The highest BCUT2D eigenvalue weighted by Crippen LogP contribution is 2.39. The summed E-state index contributed by atoms with van der Waals surface area (Å²) in [6.45, 7) is 2.25. The third-order valence-corrected chi connectivity index (χ3v) is 4.44. The Labute approximate surface area is 124 Å². The SMILES string of the molecule is COC(=O)CC1CCN(C)CC1c1ccc2c(c1)OCO2. The minimum absolute atomic E-state index is 0.129. The minimum Gasteiger partial charge on any atom is -0.469 e. The molecule has 0 N–H and O–H groups in total. The number of likely N-dealkylation sites (tertiary alicyclic amines) is 1. The van der Waals surface area contributed by atoms with Crippen LogP contribution in [-0.4, -0.2) is 44.9 Å². The zero-order valence-corrected chi connectivity index (χ0v) is 12.5. The molecule has 2 unspecified atom stereocenters. The highest BCUT2D eigenvalue weighted by atomic mass is 16.7. The van der Waals surface area contributed by atoms with Gasteiger partial charge in [0.1, 0.15) is 0 Å². The number of likely N-dealkylation sites (N-methyl/N-ethyl adjacent to an activating group) is 1. The van der Waals surface area contributed by atoms with Crippen LogP contribution in [0, 0.1) is 5.92 Å². The second-order valence-electron chi connectivity index (χ2n) is 5.81. The highest BCUT2D eigenvalue weighted by molar-refractivity contribution is 5.69. The maximum Gasteiger partial charge on any atom is 0.305 e. The Balaban J connectivity index is 1.83. The molecule has 2 aliphatic heterocycles. The van der Waals surface area contributed by atoms with Crippen LogP contribution in [0.4, 0.5) is 0 Å². The van der Waals surface area contributed by atoms with E-state index in [2.05, 4.69) is 24.1 Å². The van der Waals surface area contributed by atoms with Gasteiger partial charge >= 0.3 is 5.97 Å². The number of rotatable bonds is 3. The van der Waals surface area contributed by atoms with Crippen LogP contribution in [-0.2, 0) is 9.53 Å². The van der Waals surface area contributed by atoms with Crippen molar-refractivity contribution in [2.75, 3.05) is 34.0 Å². The summed E-state index contributed by atoms with van der Waals surface area (Å²) in [6, 6.07) is 6.10. The maximum absolute atomic E-state index is 11.6. The van der Waals surface area contributed by atoms with E-state index in [-0.39, 0.29) is 12.8 Å². The van der Waals surface area contributed by atoms with Gasteiger partial charge in [0.25, 0.3) is 0 Å². The van der Waals surface area contributed by atoms with Gasteiger partial charge in [-0.05, 0) is 43.6 Å². The third-order valence-electron chi connectivity index (χ3n) is 4.44. The van der Waals surface area contributed by atoms with E-state index in [0.29, 0.717) is 18.3 Å². The molecular weight excluding hydrogens is 270 g/mol. The van der Waals surface area contributed by atoms with Crippen LogP contribution in [0.5, 0.6) is 11.5 Å². The summed E-state index contributed by atoms with van der Waals surface area (Å²) in [6.07, 6.45) is 1.48. The van der Waals surface area contributed by atoms with Gasteiger partial charge in [-0.3, -0.25) is 4.79 Å². The van der Waals surface area contributed by atoms with E-state index in [0.717, 1.165) is 31.0 Å². The Bertz CT molecular complexity index is 531. The molecule has 114 valence electrons. The molecule has 0 aliphatic carbocycles. The fourth-order valence-corrected chi connectivity index (χ4v) is 3.23. The molecule has 21 heavy (non-hydrogen) atoms. The minimum atomic E-state index is -0.129. The first-order valence-corrected chi connectivity index (χ1v) is 7.32. The molecule has 0 radical (unpaired) electrons. The summed E-state index contributed by atoms with van der Waals surface area (Å²) in [5, 5.41) is 0. The van der Waals surface area contributed by atoms with E-state index in [1.807, 2.05) is 6.07 Å². The molecular formula is C16H21NO4. The van der Waals surface area contributed by atoms with Crippen LogP contribution >= 0.6 is 0 Å². The molecule has 0 bridgehead atoms. The fraction of sp³-hybridized carbons (Fsp3) is 0.562. The number of carbonyl (C=O) groups excluding carboxylic acids is 1. The molecule has 1 fully saturated rings. The van der Waals surface area contributed by atoms with Crippen molar-refractivity contribution in [3.63, 3.8) is 0 Å². The molecule has 1 aromatic rings. The van der Waals surface area contributed by atoms with E-state index >= 15 is 0 Å². The predicted octanol–water partition coefficient (Wildman–Crippen LogP) is 2.01. The Morgan fingerprint density at radius 2 is 2.19 bits per heavy atom. The number of methoxy groups -OCH3 is 1. The number of esters is 1. The van der Waals surface area contributed by atoms with Crippen LogP contribution < -0.4 is 9.47 Å². The summed E-state index contributed by atoms with van der Waals surface area (Å²) in [7, 11) is 3.57. The highest BCUT2D eigenvalue weighted by Gasteiger charge is 2.31. The maximum atomic E-state index is 11.6. The van der Waals surface area contributed by atoms with Gasteiger partial charge in [0.05, 0.1) is 7.11 Å². The van der Waals surface area contributed by atoms with Gasteiger partial charge in [0.2, 0.25) is 6.79 Å². The van der Waals surface area contributed by atoms with Crippen molar-refractivity contribution >= 4 is 5.97 Å². The zero-order chi connectivity index (χ0) is 14.8. The van der Waals surface area contributed by atoms with Crippen LogP contribution in [0.15, 0.2) is 18.2 Å². The van der Waals surface area contributed by atoms with Gasteiger partial charge in [0.15, 0.2) is 11.5 Å². The molecule has 5 nitrogen and oxygen atoms in total. The quantitative estimate of drug-likeness (QED) is 0.797. The average molecular weight is 291 g/mol. The lowest BCUT2D eigenvalue weighted by molar-refractivity contribution is -0.142. The second-order valence-corrected chi connectivity index (χ2v) is 5.81. The van der Waals surface area contributed by atoms with Crippen molar-refractivity contribution in [1.82, 2.24) is 4.90 Å². The summed E-state index contributed by atoms with van der Waals surface area (Å²) < 4.78 is 15.7. The number of piperidine rings is 1. The average Bonchev–Trinajstić information content (AvgIpc) is 2.96. The molecule has 1 aromatic carbocycles. The van der Waals surface area contributed by atoms with Crippen LogP contribution in [0.25, 0.3) is 0 Å². The monoisotopic (exact) mass is 291 g/mol. The van der Waals surface area contributed by atoms with Crippen molar-refractivity contribution in [2.45, 2.75) is 18.8 Å². The Kier molecular flexibility index (Phi) is 4.01. The number of nitrogens with zero attached hydrogens (tertiary/aromatic N) is 1. The van der Waals surface area contributed by atoms with Gasteiger partial charge in [-0.1, -0.05) is 6.07 Å². The Hall–Kier alpha value is -1.75. The van der Waals surface area contributed by atoms with Crippen molar-refractivity contribution < 1.29 is 19.0 Å². The lowest BCUT2D eigenvalue weighted by Crippen LogP contribution is -2.37. The molecule has 1 saturated heterocycles. The van der Waals surface area contributed by atoms with Crippen LogP contribution in [0.1, 0.15) is 24.3 Å². The number of carbonyl (C=O) groups is 1. The number of ether oxygens (including phenoxy) is 3. The molecule has 2 atom stereocenters. The first-order valence-electron chi connectivity index (χ1n) is 7.32. The first-order chi connectivity index (χ1) is 10.2. The molecule has 0 aromatic heterocycles. The first kappa shape index (κ1) is 14.2. The lowest BCUT2D eigenvalue weighted by atomic mass is 9.79. The van der Waals surface area contributed by atoms with Gasteiger partial charge in [-0.2, -0.15) is 0 Å². The molecule has 0 spiro atoms. The van der Waals surface area contributed by atoms with Gasteiger partial charge in [-0.15, -0.1) is 0 Å². The molecule has 0 amide bonds. The van der Waals surface area contributed by atoms with E-state index in [9.17, 15) is 4.79 Å². The predicted molar refractivity (Wildman–Crippen MR) is 77.5 cm³/mol. The number of benzene rings is 1. The topological polar surface area (TPSA) is 48.0 Å². The van der Waals surface area contributed by atoms with E-state index < -0.39 is 0 Å². The number of hydrogen-bond acceptors (Lipinski definition) is 5. The Morgan fingerprint density at radius 3 is 3.00 bits per heavy atom. The largest absolute Gasteiger partial charge is 0.469 e. The zero-order valence-electron chi connectivity index (χ0n) is 12.5. The van der Waals surface area contributed by atoms with E-state index in [4.69, 9.17) is 14.2 Å².